The smallest absolute Gasteiger partial charge is 0.338 e. The lowest BCUT2D eigenvalue weighted by atomic mass is 10.1. The van der Waals surface area contributed by atoms with Gasteiger partial charge < -0.3 is 10.8 Å². The average molecular weight is 235 g/mol. The van der Waals surface area contributed by atoms with Crippen LogP contribution in [0.5, 0.6) is 0 Å². The fourth-order valence-electron chi connectivity index (χ4n) is 1.49. The largest absolute Gasteiger partial charge is 0.478 e. The van der Waals surface area contributed by atoms with Gasteiger partial charge in [-0.25, -0.2) is 13.9 Å². The first-order valence-corrected chi connectivity index (χ1v) is 4.83. The quantitative estimate of drug-likeness (QED) is 0.774. The molecule has 0 spiro atoms. The van der Waals surface area contributed by atoms with E-state index in [9.17, 15) is 9.18 Å². The van der Waals surface area contributed by atoms with Crippen LogP contribution in [-0.4, -0.2) is 20.9 Å². The Morgan fingerprint density at radius 1 is 1.53 bits per heavy atom. The Kier molecular flexibility index (Phi) is 2.55. The lowest BCUT2D eigenvalue weighted by Gasteiger charge is -2.07. The van der Waals surface area contributed by atoms with Crippen molar-refractivity contribution in [2.45, 2.75) is 6.92 Å². The van der Waals surface area contributed by atoms with E-state index < -0.39 is 17.3 Å². The fraction of sp³-hybridized carbons (Fsp3) is 0.0909. The molecule has 0 radical (unpaired) electrons. The minimum Gasteiger partial charge on any atom is -0.478 e. The molecule has 0 aliphatic carbocycles. The Hall–Kier alpha value is -2.37. The lowest BCUT2D eigenvalue weighted by Crippen LogP contribution is -2.07. The molecule has 0 saturated carbocycles. The number of carboxylic acids is 1. The maximum atomic E-state index is 13.5. The maximum Gasteiger partial charge on any atom is 0.338 e. The van der Waals surface area contributed by atoms with Gasteiger partial charge in [-0.05, 0) is 18.6 Å². The van der Waals surface area contributed by atoms with Crippen molar-refractivity contribution in [3.05, 3.63) is 41.5 Å². The summed E-state index contributed by atoms with van der Waals surface area (Å²) in [5, 5.41) is 12.7. The molecule has 1 aromatic carbocycles. The maximum absolute atomic E-state index is 13.5. The zero-order valence-electron chi connectivity index (χ0n) is 9.01. The molecule has 1 heterocycles. The summed E-state index contributed by atoms with van der Waals surface area (Å²) in [6.45, 7) is 1.83. The number of benzene rings is 1. The number of carbonyl (C=O) groups is 1. The summed E-state index contributed by atoms with van der Waals surface area (Å²) in [5.41, 5.74) is 6.60. The van der Waals surface area contributed by atoms with Crippen LogP contribution in [0.15, 0.2) is 24.5 Å². The van der Waals surface area contributed by atoms with Gasteiger partial charge in [0.1, 0.15) is 5.82 Å². The van der Waals surface area contributed by atoms with Crippen molar-refractivity contribution in [3.63, 3.8) is 0 Å². The zero-order chi connectivity index (χ0) is 12.6. The Balaban J connectivity index is 2.57. The second kappa shape index (κ2) is 3.89. The number of aryl methyl sites for hydroxylation is 1. The number of anilines is 1. The lowest BCUT2D eigenvalue weighted by molar-refractivity contribution is 0.0692. The summed E-state index contributed by atoms with van der Waals surface area (Å²) in [4.78, 5) is 10.7. The molecule has 0 fully saturated rings. The minimum atomic E-state index is -1.35. The number of aromatic carboxylic acids is 1. The average Bonchev–Trinajstić information content (AvgIpc) is 2.67. The third kappa shape index (κ3) is 1.96. The van der Waals surface area contributed by atoms with E-state index in [1.54, 1.807) is 12.4 Å². The number of aromatic nitrogens is 2. The van der Waals surface area contributed by atoms with Gasteiger partial charge in [0, 0.05) is 12.3 Å². The zero-order valence-corrected chi connectivity index (χ0v) is 9.01. The van der Waals surface area contributed by atoms with Gasteiger partial charge in [-0.1, -0.05) is 0 Å². The van der Waals surface area contributed by atoms with E-state index in [2.05, 4.69) is 5.10 Å². The number of nitrogen functional groups attached to an aromatic ring is 1. The summed E-state index contributed by atoms with van der Waals surface area (Å²) < 4.78 is 14.9. The Morgan fingerprint density at radius 2 is 2.24 bits per heavy atom. The van der Waals surface area contributed by atoms with Crippen molar-refractivity contribution in [1.29, 1.82) is 0 Å². The first kappa shape index (κ1) is 11.1. The van der Waals surface area contributed by atoms with Gasteiger partial charge in [0.05, 0.1) is 23.1 Å². The molecule has 88 valence electrons. The van der Waals surface area contributed by atoms with Gasteiger partial charge >= 0.3 is 5.97 Å². The molecule has 0 atom stereocenters. The van der Waals surface area contributed by atoms with E-state index in [1.807, 2.05) is 6.92 Å². The number of nitrogens with zero attached hydrogens (tertiary/aromatic N) is 2. The highest BCUT2D eigenvalue weighted by Crippen LogP contribution is 2.21. The molecule has 0 aliphatic rings. The number of hydrogen-bond acceptors (Lipinski definition) is 3. The molecule has 0 unspecified atom stereocenters. The highest BCUT2D eigenvalue weighted by molar-refractivity contribution is 5.90. The number of halogens is 1. The van der Waals surface area contributed by atoms with Gasteiger partial charge in [0.2, 0.25) is 0 Å². The molecule has 3 N–H and O–H groups in total. The van der Waals surface area contributed by atoms with E-state index in [0.29, 0.717) is 5.69 Å². The summed E-state index contributed by atoms with van der Waals surface area (Å²) in [7, 11) is 0. The minimum absolute atomic E-state index is 0.159. The van der Waals surface area contributed by atoms with Crippen LogP contribution < -0.4 is 5.73 Å². The van der Waals surface area contributed by atoms with E-state index in [0.717, 1.165) is 17.7 Å². The molecule has 2 aromatic rings. The summed E-state index contributed by atoms with van der Waals surface area (Å²) in [6.07, 6.45) is 3.27. The molecule has 17 heavy (non-hydrogen) atoms. The summed E-state index contributed by atoms with van der Waals surface area (Å²) in [5.74, 6) is -2.19. The Bertz CT molecular complexity index is 592. The van der Waals surface area contributed by atoms with Gasteiger partial charge in [-0.2, -0.15) is 5.10 Å². The molecule has 0 bridgehead atoms. The van der Waals surface area contributed by atoms with Crippen molar-refractivity contribution in [3.8, 4) is 5.69 Å². The molecule has 0 saturated heterocycles. The van der Waals surface area contributed by atoms with Crippen LogP contribution in [0.1, 0.15) is 15.9 Å². The van der Waals surface area contributed by atoms with Crippen molar-refractivity contribution in [2.24, 2.45) is 0 Å². The molecular formula is C11H10FN3O2. The standard InChI is InChI=1S/C11H10FN3O2/c1-6-4-14-15(5-6)10-3-8(12)7(11(16)17)2-9(10)13/h2-5H,13H2,1H3,(H,16,17). The predicted octanol–water partition coefficient (Wildman–Crippen LogP) is 1.60. The third-order valence-electron chi connectivity index (χ3n) is 2.31. The number of carboxylic acid groups (broad SMARTS) is 1. The molecule has 0 aliphatic heterocycles. The van der Waals surface area contributed by atoms with Crippen LogP contribution in [0.2, 0.25) is 0 Å². The summed E-state index contributed by atoms with van der Waals surface area (Å²) >= 11 is 0. The molecule has 5 nitrogen and oxygen atoms in total. The third-order valence-corrected chi connectivity index (χ3v) is 2.31. The van der Waals surface area contributed by atoms with Crippen molar-refractivity contribution in [1.82, 2.24) is 9.78 Å². The molecule has 0 amide bonds. The molecule has 1 aromatic heterocycles. The van der Waals surface area contributed by atoms with E-state index in [-0.39, 0.29) is 5.69 Å². The van der Waals surface area contributed by atoms with Crippen molar-refractivity contribution in [2.75, 3.05) is 5.73 Å². The van der Waals surface area contributed by atoms with Crippen LogP contribution in [-0.2, 0) is 0 Å². The van der Waals surface area contributed by atoms with Crippen LogP contribution in [0.4, 0.5) is 10.1 Å². The Labute approximate surface area is 96.3 Å². The predicted molar refractivity (Wildman–Crippen MR) is 59.6 cm³/mol. The van der Waals surface area contributed by atoms with Gasteiger partial charge in [0.15, 0.2) is 0 Å². The van der Waals surface area contributed by atoms with Gasteiger partial charge in [-0.15, -0.1) is 0 Å². The number of hydrogen-bond donors (Lipinski definition) is 2. The monoisotopic (exact) mass is 235 g/mol. The van der Waals surface area contributed by atoms with Crippen LogP contribution in [0.3, 0.4) is 0 Å². The molecule has 6 heteroatoms. The molecular weight excluding hydrogens is 225 g/mol. The van der Waals surface area contributed by atoms with Crippen LogP contribution >= 0.6 is 0 Å². The Morgan fingerprint density at radius 3 is 2.76 bits per heavy atom. The van der Waals surface area contributed by atoms with Gasteiger partial charge in [-0.3, -0.25) is 0 Å². The van der Waals surface area contributed by atoms with Crippen LogP contribution in [0.25, 0.3) is 5.69 Å². The number of nitrogens with two attached hydrogens (primary N) is 1. The van der Waals surface area contributed by atoms with Crippen LogP contribution in [0, 0.1) is 12.7 Å². The normalized spacial score (nSPS) is 10.5. The van der Waals surface area contributed by atoms with Gasteiger partial charge in [0.25, 0.3) is 0 Å². The van der Waals surface area contributed by atoms with Crippen molar-refractivity contribution < 1.29 is 14.3 Å². The van der Waals surface area contributed by atoms with E-state index in [4.69, 9.17) is 10.8 Å². The second-order valence-electron chi connectivity index (χ2n) is 3.66. The first-order valence-electron chi connectivity index (χ1n) is 4.83. The second-order valence-corrected chi connectivity index (χ2v) is 3.66. The highest BCUT2D eigenvalue weighted by atomic mass is 19.1. The highest BCUT2D eigenvalue weighted by Gasteiger charge is 2.14. The molecule has 2 rings (SSSR count). The summed E-state index contributed by atoms with van der Waals surface area (Å²) in [6, 6.07) is 2.15. The topological polar surface area (TPSA) is 81.1 Å². The SMILES string of the molecule is Cc1cnn(-c2cc(F)c(C(=O)O)cc2N)c1. The van der Waals surface area contributed by atoms with Crippen molar-refractivity contribution >= 4 is 11.7 Å². The number of rotatable bonds is 2. The van der Waals surface area contributed by atoms with E-state index in [1.165, 1.54) is 4.68 Å². The van der Waals surface area contributed by atoms with E-state index >= 15 is 0 Å². The first-order chi connectivity index (χ1) is 7.99. The fourth-order valence-corrected chi connectivity index (χ4v) is 1.49.